The molecule has 72 valence electrons. The molecule has 1 fully saturated rings. The van der Waals surface area contributed by atoms with Gasteiger partial charge in [-0.15, -0.1) is 0 Å². The second-order valence-electron chi connectivity index (χ2n) is 4.73. The number of hydrogen-bond donors (Lipinski definition) is 2. The van der Waals surface area contributed by atoms with Gasteiger partial charge in [0.05, 0.1) is 0 Å². The van der Waals surface area contributed by atoms with Gasteiger partial charge in [0.2, 0.25) is 0 Å². The van der Waals surface area contributed by atoms with Gasteiger partial charge in [0.25, 0.3) is 0 Å². The topological polar surface area (TPSA) is 46.2 Å². The van der Waals surface area contributed by atoms with Gasteiger partial charge in [-0.2, -0.15) is 0 Å². The van der Waals surface area contributed by atoms with Gasteiger partial charge in [-0.25, -0.2) is 0 Å². The maximum atomic E-state index is 9.19. The van der Waals surface area contributed by atoms with Gasteiger partial charge < -0.3 is 10.8 Å². The monoisotopic (exact) mass is 171 g/mol. The molecule has 0 unspecified atom stereocenters. The predicted octanol–water partition coefficient (Wildman–Crippen LogP) is 1.38. The molecule has 0 heterocycles. The van der Waals surface area contributed by atoms with Crippen molar-refractivity contribution in [3.8, 4) is 0 Å². The summed E-state index contributed by atoms with van der Waals surface area (Å²) in [7, 11) is 0. The molecule has 0 bridgehead atoms. The van der Waals surface area contributed by atoms with E-state index < -0.39 is 0 Å². The van der Waals surface area contributed by atoms with Crippen molar-refractivity contribution in [3.05, 3.63) is 0 Å². The van der Waals surface area contributed by atoms with Gasteiger partial charge >= 0.3 is 0 Å². The van der Waals surface area contributed by atoms with Crippen molar-refractivity contribution in [2.24, 2.45) is 23.0 Å². The van der Waals surface area contributed by atoms with Gasteiger partial charge in [-0.1, -0.05) is 20.8 Å². The molecule has 0 radical (unpaired) electrons. The fourth-order valence-electron chi connectivity index (χ4n) is 2.27. The molecule has 1 saturated carbocycles. The van der Waals surface area contributed by atoms with Gasteiger partial charge in [0.15, 0.2) is 0 Å². The first-order valence-corrected chi connectivity index (χ1v) is 4.86. The van der Waals surface area contributed by atoms with Crippen molar-refractivity contribution < 1.29 is 5.11 Å². The number of rotatable bonds is 1. The summed E-state index contributed by atoms with van der Waals surface area (Å²) >= 11 is 0. The summed E-state index contributed by atoms with van der Waals surface area (Å²) in [5.41, 5.74) is 6.19. The van der Waals surface area contributed by atoms with Crippen LogP contribution in [0, 0.1) is 17.3 Å². The van der Waals surface area contributed by atoms with Crippen molar-refractivity contribution in [3.63, 3.8) is 0 Å². The van der Waals surface area contributed by atoms with Crippen molar-refractivity contribution in [2.45, 2.75) is 39.7 Å². The number of hydrogen-bond acceptors (Lipinski definition) is 2. The fourth-order valence-corrected chi connectivity index (χ4v) is 2.27. The van der Waals surface area contributed by atoms with Crippen LogP contribution in [0.2, 0.25) is 0 Å². The Morgan fingerprint density at radius 1 is 1.42 bits per heavy atom. The summed E-state index contributed by atoms with van der Waals surface area (Å²) in [6, 6.07) is 0.322. The predicted molar refractivity (Wildman–Crippen MR) is 50.7 cm³/mol. The Labute approximate surface area is 75.2 Å². The maximum Gasteiger partial charge on any atom is 0.0464 e. The lowest BCUT2D eigenvalue weighted by Gasteiger charge is -2.46. The number of aliphatic hydroxyl groups is 1. The third kappa shape index (κ3) is 1.50. The van der Waals surface area contributed by atoms with E-state index in [0.29, 0.717) is 24.5 Å². The minimum Gasteiger partial charge on any atom is -0.396 e. The normalized spacial score (nSPS) is 41.2. The molecule has 2 nitrogen and oxygen atoms in total. The SMILES string of the molecule is C[C@@H]1[C@@H](N)CC[C@@H](CO)C1(C)C. The zero-order valence-electron chi connectivity index (χ0n) is 8.38. The first-order chi connectivity index (χ1) is 5.50. The first kappa shape index (κ1) is 10.0. The van der Waals surface area contributed by atoms with Gasteiger partial charge in [0.1, 0.15) is 0 Å². The van der Waals surface area contributed by atoms with E-state index in [1.807, 2.05) is 0 Å². The summed E-state index contributed by atoms with van der Waals surface area (Å²) in [6.07, 6.45) is 2.14. The van der Waals surface area contributed by atoms with Gasteiger partial charge in [-0.3, -0.25) is 0 Å². The molecule has 0 amide bonds. The lowest BCUT2D eigenvalue weighted by molar-refractivity contribution is 0.0168. The summed E-state index contributed by atoms with van der Waals surface area (Å²) in [4.78, 5) is 0. The Hall–Kier alpha value is -0.0800. The smallest absolute Gasteiger partial charge is 0.0464 e. The van der Waals surface area contributed by atoms with Crippen LogP contribution in [0.15, 0.2) is 0 Å². The first-order valence-electron chi connectivity index (χ1n) is 4.86. The Kier molecular flexibility index (Phi) is 2.79. The van der Waals surface area contributed by atoms with E-state index in [2.05, 4.69) is 20.8 Å². The van der Waals surface area contributed by atoms with Crippen molar-refractivity contribution in [1.29, 1.82) is 0 Å². The van der Waals surface area contributed by atoms with Crippen molar-refractivity contribution in [2.75, 3.05) is 6.61 Å². The molecule has 0 aliphatic heterocycles. The highest BCUT2D eigenvalue weighted by molar-refractivity contribution is 4.92. The van der Waals surface area contributed by atoms with Crippen LogP contribution in [-0.2, 0) is 0 Å². The molecule has 1 aliphatic rings. The molecular weight excluding hydrogens is 150 g/mol. The molecule has 0 aromatic carbocycles. The molecule has 3 atom stereocenters. The highest BCUT2D eigenvalue weighted by atomic mass is 16.3. The van der Waals surface area contributed by atoms with Crippen LogP contribution in [0.3, 0.4) is 0 Å². The number of nitrogens with two attached hydrogens (primary N) is 1. The van der Waals surface area contributed by atoms with Gasteiger partial charge in [0, 0.05) is 12.6 Å². The standard InChI is InChI=1S/C10H21NO/c1-7-9(11)5-4-8(6-12)10(7,2)3/h7-9,12H,4-6,11H2,1-3H3/t7-,8+,9+/m1/s1. The van der Waals surface area contributed by atoms with E-state index >= 15 is 0 Å². The van der Waals surface area contributed by atoms with Crippen LogP contribution < -0.4 is 5.73 Å². The van der Waals surface area contributed by atoms with Crippen LogP contribution in [0.25, 0.3) is 0 Å². The van der Waals surface area contributed by atoms with Crippen LogP contribution >= 0.6 is 0 Å². The third-order valence-electron chi connectivity index (χ3n) is 3.94. The summed E-state index contributed by atoms with van der Waals surface area (Å²) in [5, 5.41) is 9.19. The Bertz CT molecular complexity index is 152. The van der Waals surface area contributed by atoms with Crippen LogP contribution in [-0.4, -0.2) is 17.8 Å². The van der Waals surface area contributed by atoms with E-state index in [1.54, 1.807) is 0 Å². The van der Waals surface area contributed by atoms with Crippen LogP contribution in [0.5, 0.6) is 0 Å². The Morgan fingerprint density at radius 3 is 2.50 bits per heavy atom. The second kappa shape index (κ2) is 3.35. The third-order valence-corrected chi connectivity index (χ3v) is 3.94. The zero-order chi connectivity index (χ0) is 9.35. The minimum absolute atomic E-state index is 0.201. The van der Waals surface area contributed by atoms with E-state index in [9.17, 15) is 5.11 Å². The average Bonchev–Trinajstić information content (AvgIpc) is 2.01. The van der Waals surface area contributed by atoms with E-state index in [1.165, 1.54) is 0 Å². The zero-order valence-corrected chi connectivity index (χ0v) is 8.38. The molecule has 2 heteroatoms. The average molecular weight is 171 g/mol. The fraction of sp³-hybridized carbons (Fsp3) is 1.00. The molecule has 1 rings (SSSR count). The molecule has 1 aliphatic carbocycles. The summed E-state index contributed by atoms with van der Waals surface area (Å²) < 4.78 is 0. The lowest BCUT2D eigenvalue weighted by atomic mass is 9.61. The molecular formula is C10H21NO. The van der Waals surface area contributed by atoms with E-state index in [4.69, 9.17) is 5.73 Å². The van der Waals surface area contributed by atoms with E-state index in [-0.39, 0.29) is 5.41 Å². The quantitative estimate of drug-likeness (QED) is 0.626. The molecule has 0 aromatic heterocycles. The van der Waals surface area contributed by atoms with Crippen LogP contribution in [0.4, 0.5) is 0 Å². The highest BCUT2D eigenvalue weighted by Gasteiger charge is 2.40. The molecule has 0 saturated heterocycles. The van der Waals surface area contributed by atoms with Gasteiger partial charge in [-0.05, 0) is 30.1 Å². The largest absolute Gasteiger partial charge is 0.396 e. The molecule has 0 spiro atoms. The minimum atomic E-state index is 0.201. The second-order valence-corrected chi connectivity index (χ2v) is 4.73. The summed E-state index contributed by atoms with van der Waals surface area (Å²) in [5.74, 6) is 0.954. The lowest BCUT2D eigenvalue weighted by Crippen LogP contribution is -2.47. The number of aliphatic hydroxyl groups excluding tert-OH is 1. The molecule has 12 heavy (non-hydrogen) atoms. The highest BCUT2D eigenvalue weighted by Crippen LogP contribution is 2.43. The van der Waals surface area contributed by atoms with Crippen molar-refractivity contribution in [1.82, 2.24) is 0 Å². The Morgan fingerprint density at radius 2 is 2.00 bits per heavy atom. The van der Waals surface area contributed by atoms with Crippen molar-refractivity contribution >= 4 is 0 Å². The van der Waals surface area contributed by atoms with E-state index in [0.717, 1.165) is 12.8 Å². The van der Waals surface area contributed by atoms with Crippen LogP contribution in [0.1, 0.15) is 33.6 Å². The summed E-state index contributed by atoms with van der Waals surface area (Å²) in [6.45, 7) is 6.95. The Balaban J connectivity index is 2.73. The molecule has 3 N–H and O–H groups in total. The maximum absolute atomic E-state index is 9.19. The molecule has 0 aromatic rings.